The van der Waals surface area contributed by atoms with Crippen LogP contribution in [0.15, 0.2) is 24.3 Å². The summed E-state index contributed by atoms with van der Waals surface area (Å²) < 4.78 is 38.2. The van der Waals surface area contributed by atoms with Gasteiger partial charge in [-0.15, -0.1) is 0 Å². The van der Waals surface area contributed by atoms with Crippen molar-refractivity contribution in [2.75, 3.05) is 7.05 Å². The third-order valence-electron chi connectivity index (χ3n) is 2.27. The summed E-state index contributed by atoms with van der Waals surface area (Å²) in [5, 5.41) is -0.622. The van der Waals surface area contributed by atoms with Crippen LogP contribution in [0.2, 0.25) is 0 Å². The van der Waals surface area contributed by atoms with Gasteiger partial charge in [-0.3, -0.25) is 0 Å². The van der Waals surface area contributed by atoms with Crippen LogP contribution < -0.4 is 4.72 Å². The highest BCUT2D eigenvalue weighted by molar-refractivity contribution is 7.89. The fraction of sp³-hybridized carbons (Fsp3) is 0.400. The second kappa shape index (κ2) is 4.72. The van der Waals surface area contributed by atoms with Gasteiger partial charge < -0.3 is 0 Å². The largest absolute Gasteiger partial charge is 0.218 e. The smallest absolute Gasteiger partial charge is 0.218 e. The van der Waals surface area contributed by atoms with Gasteiger partial charge in [-0.2, -0.15) is 0 Å². The van der Waals surface area contributed by atoms with E-state index in [1.807, 2.05) is 0 Å². The molecule has 0 saturated carbocycles. The summed E-state index contributed by atoms with van der Waals surface area (Å²) in [5.41, 5.74) is 0.605. The lowest BCUT2D eigenvalue weighted by Gasteiger charge is -2.15. The molecule has 0 heterocycles. The van der Waals surface area contributed by atoms with E-state index in [4.69, 9.17) is 0 Å². The summed E-state index contributed by atoms with van der Waals surface area (Å²) in [6.45, 7) is 1.78. The maximum atomic E-state index is 12.7. The van der Waals surface area contributed by atoms with Gasteiger partial charge in [0.15, 0.2) is 0 Å². The number of sulfonamides is 1. The number of nitrogens with one attached hydrogen (secondary N) is 1. The fourth-order valence-corrected chi connectivity index (χ4v) is 2.69. The Balaban J connectivity index is 3.09. The molecule has 0 spiro atoms. The van der Waals surface area contributed by atoms with Gasteiger partial charge in [0.25, 0.3) is 0 Å². The molecule has 0 aliphatic rings. The highest BCUT2D eigenvalue weighted by Crippen LogP contribution is 2.24. The first-order valence-electron chi connectivity index (χ1n) is 4.69. The average Bonchev–Trinajstić information content (AvgIpc) is 2.22. The van der Waals surface area contributed by atoms with Gasteiger partial charge in [-0.05, 0) is 31.2 Å². The summed E-state index contributed by atoms with van der Waals surface area (Å²) in [6.07, 6.45) is 0.453. The van der Waals surface area contributed by atoms with Crippen LogP contribution in [0.25, 0.3) is 0 Å². The molecular weight excluding hydrogens is 217 g/mol. The van der Waals surface area contributed by atoms with Crippen molar-refractivity contribution < 1.29 is 12.8 Å². The van der Waals surface area contributed by atoms with E-state index in [2.05, 4.69) is 4.72 Å². The van der Waals surface area contributed by atoms with E-state index in [9.17, 15) is 12.8 Å². The first kappa shape index (κ1) is 12.1. The zero-order chi connectivity index (χ0) is 11.5. The number of halogens is 1. The standard InChI is InChI=1S/C10H14FNO2S/c1-3-10(15(13,14)12-2)8-4-6-9(11)7-5-8/h4-7,10,12H,3H2,1-2H3. The third kappa shape index (κ3) is 2.76. The lowest BCUT2D eigenvalue weighted by Crippen LogP contribution is -2.25. The summed E-state index contributed by atoms with van der Waals surface area (Å²) in [4.78, 5) is 0. The highest BCUT2D eigenvalue weighted by Gasteiger charge is 2.23. The number of rotatable bonds is 4. The topological polar surface area (TPSA) is 46.2 Å². The van der Waals surface area contributed by atoms with Gasteiger partial charge in [0, 0.05) is 0 Å². The van der Waals surface area contributed by atoms with E-state index in [0.29, 0.717) is 12.0 Å². The maximum absolute atomic E-state index is 12.7. The van der Waals surface area contributed by atoms with Crippen LogP contribution in [-0.2, 0) is 10.0 Å². The van der Waals surface area contributed by atoms with Gasteiger partial charge in [-0.1, -0.05) is 19.1 Å². The predicted octanol–water partition coefficient (Wildman–Crippen LogP) is 1.83. The van der Waals surface area contributed by atoms with E-state index in [-0.39, 0.29) is 5.82 Å². The molecule has 1 aromatic rings. The number of benzene rings is 1. The Kier molecular flexibility index (Phi) is 3.82. The molecule has 3 nitrogen and oxygen atoms in total. The van der Waals surface area contributed by atoms with Crippen molar-refractivity contribution in [2.45, 2.75) is 18.6 Å². The van der Waals surface area contributed by atoms with Crippen LogP contribution in [0.1, 0.15) is 24.2 Å². The molecule has 0 fully saturated rings. The maximum Gasteiger partial charge on any atom is 0.218 e. The van der Waals surface area contributed by atoms with E-state index in [1.165, 1.54) is 31.3 Å². The molecule has 0 saturated heterocycles. The Bertz CT molecular complexity index is 414. The highest BCUT2D eigenvalue weighted by atomic mass is 32.2. The summed E-state index contributed by atoms with van der Waals surface area (Å²) in [5.74, 6) is -0.365. The second-order valence-corrected chi connectivity index (χ2v) is 5.26. The van der Waals surface area contributed by atoms with Crippen LogP contribution >= 0.6 is 0 Å². The molecule has 1 atom stereocenters. The molecule has 15 heavy (non-hydrogen) atoms. The summed E-state index contributed by atoms with van der Waals surface area (Å²) in [7, 11) is -1.97. The molecule has 1 unspecified atom stereocenters. The van der Waals surface area contributed by atoms with Crippen molar-refractivity contribution >= 4 is 10.0 Å². The Morgan fingerprint density at radius 1 is 1.33 bits per heavy atom. The molecule has 0 amide bonds. The quantitative estimate of drug-likeness (QED) is 0.859. The van der Waals surface area contributed by atoms with E-state index < -0.39 is 15.3 Å². The Morgan fingerprint density at radius 3 is 2.27 bits per heavy atom. The van der Waals surface area contributed by atoms with Crippen molar-refractivity contribution in [3.63, 3.8) is 0 Å². The van der Waals surface area contributed by atoms with Gasteiger partial charge in [-0.25, -0.2) is 17.5 Å². The third-order valence-corrected chi connectivity index (χ3v) is 4.20. The van der Waals surface area contributed by atoms with Crippen molar-refractivity contribution in [2.24, 2.45) is 0 Å². The number of hydrogen-bond acceptors (Lipinski definition) is 2. The molecule has 1 rings (SSSR count). The molecule has 0 aliphatic carbocycles. The molecule has 0 aromatic heterocycles. The molecular formula is C10H14FNO2S. The van der Waals surface area contributed by atoms with Crippen LogP contribution in [-0.4, -0.2) is 15.5 Å². The van der Waals surface area contributed by atoms with E-state index in [1.54, 1.807) is 6.92 Å². The first-order chi connectivity index (χ1) is 7.01. The van der Waals surface area contributed by atoms with Gasteiger partial charge in [0.05, 0.1) is 0 Å². The molecule has 0 radical (unpaired) electrons. The molecule has 1 N–H and O–H groups in total. The monoisotopic (exact) mass is 231 g/mol. The molecule has 84 valence electrons. The number of hydrogen-bond donors (Lipinski definition) is 1. The van der Waals surface area contributed by atoms with Crippen LogP contribution in [0.3, 0.4) is 0 Å². The predicted molar refractivity (Wildman–Crippen MR) is 57.4 cm³/mol. The second-order valence-electron chi connectivity index (χ2n) is 3.20. The van der Waals surface area contributed by atoms with Crippen LogP contribution in [0.4, 0.5) is 4.39 Å². The molecule has 0 bridgehead atoms. The SMILES string of the molecule is CCC(c1ccc(F)cc1)S(=O)(=O)NC. The van der Waals surface area contributed by atoms with Crippen LogP contribution in [0, 0.1) is 5.82 Å². The van der Waals surface area contributed by atoms with Gasteiger partial charge in [0.2, 0.25) is 10.0 Å². The van der Waals surface area contributed by atoms with E-state index in [0.717, 1.165) is 0 Å². The molecule has 0 aliphatic heterocycles. The zero-order valence-corrected chi connectivity index (χ0v) is 9.51. The fourth-order valence-electron chi connectivity index (χ4n) is 1.45. The Hall–Kier alpha value is -0.940. The Labute approximate surface area is 89.4 Å². The average molecular weight is 231 g/mol. The lowest BCUT2D eigenvalue weighted by atomic mass is 10.1. The first-order valence-corrected chi connectivity index (χ1v) is 6.23. The van der Waals surface area contributed by atoms with Gasteiger partial charge in [0.1, 0.15) is 11.1 Å². The molecule has 1 aromatic carbocycles. The van der Waals surface area contributed by atoms with Crippen molar-refractivity contribution in [3.8, 4) is 0 Å². The van der Waals surface area contributed by atoms with Crippen molar-refractivity contribution in [1.82, 2.24) is 4.72 Å². The van der Waals surface area contributed by atoms with E-state index >= 15 is 0 Å². The van der Waals surface area contributed by atoms with Gasteiger partial charge >= 0.3 is 0 Å². The van der Waals surface area contributed by atoms with Crippen molar-refractivity contribution in [1.29, 1.82) is 0 Å². The normalized spacial score (nSPS) is 13.8. The lowest BCUT2D eigenvalue weighted by molar-refractivity contribution is 0.570. The minimum absolute atomic E-state index is 0.365. The minimum atomic E-state index is -3.35. The van der Waals surface area contributed by atoms with Crippen LogP contribution in [0.5, 0.6) is 0 Å². The summed E-state index contributed by atoms with van der Waals surface area (Å²) >= 11 is 0. The zero-order valence-electron chi connectivity index (χ0n) is 8.70. The molecule has 5 heteroatoms. The van der Waals surface area contributed by atoms with Crippen molar-refractivity contribution in [3.05, 3.63) is 35.6 Å². The summed E-state index contributed by atoms with van der Waals surface area (Å²) in [6, 6.07) is 5.53. The Morgan fingerprint density at radius 2 is 1.87 bits per heavy atom. The minimum Gasteiger partial charge on any atom is -0.218 e.